The van der Waals surface area contributed by atoms with Crippen molar-refractivity contribution in [3.63, 3.8) is 0 Å². The topological polar surface area (TPSA) is 98.5 Å². The fourth-order valence-corrected chi connectivity index (χ4v) is 6.03. The van der Waals surface area contributed by atoms with E-state index in [0.29, 0.717) is 23.7 Å². The Hall–Kier alpha value is -3.69. The van der Waals surface area contributed by atoms with E-state index >= 15 is 0 Å². The Morgan fingerprint density at radius 2 is 1.53 bits per heavy atom. The van der Waals surface area contributed by atoms with Gasteiger partial charge in [-0.2, -0.15) is 0 Å². The minimum Gasteiger partial charge on any atom is -0.444 e. The maximum atomic E-state index is 12.9. The number of rotatable bonds is 4. The molecule has 6 heterocycles. The molecule has 0 saturated carbocycles. The molecule has 4 aliphatic heterocycles. The molecule has 2 aromatic heterocycles. The Morgan fingerprint density at radius 3 is 2.11 bits per heavy atom. The Kier molecular flexibility index (Phi) is 5.35. The maximum absolute atomic E-state index is 12.9. The van der Waals surface area contributed by atoms with E-state index in [-0.39, 0.29) is 18.2 Å². The van der Waals surface area contributed by atoms with Gasteiger partial charge in [-0.1, -0.05) is 0 Å². The fraction of sp³-hybridized carbons (Fsp3) is 0.500. The highest BCUT2D eigenvalue weighted by molar-refractivity contribution is 5.70. The molecule has 0 aliphatic carbocycles. The molecule has 0 spiro atoms. The summed E-state index contributed by atoms with van der Waals surface area (Å²) in [5.41, 5.74) is 1.40. The summed E-state index contributed by atoms with van der Waals surface area (Å²) in [6, 6.07) is 8.85. The summed E-state index contributed by atoms with van der Waals surface area (Å²) in [5, 5.41) is 7.69. The van der Waals surface area contributed by atoms with Crippen LogP contribution in [-0.4, -0.2) is 65.5 Å². The van der Waals surface area contributed by atoms with Crippen molar-refractivity contribution < 1.29 is 14.3 Å². The minimum absolute atomic E-state index is 0.174. The van der Waals surface area contributed by atoms with Gasteiger partial charge in [0.2, 0.25) is 5.88 Å². The highest BCUT2D eigenvalue weighted by atomic mass is 16.6. The molecule has 0 atom stereocenters. The third-order valence-corrected chi connectivity index (χ3v) is 7.38. The van der Waals surface area contributed by atoms with Crippen LogP contribution < -0.4 is 9.64 Å². The number of hydrogen-bond donors (Lipinski definition) is 0. The van der Waals surface area contributed by atoms with E-state index in [9.17, 15) is 4.79 Å². The standard InChI is InChI=1S/C26H31N7O3/c1-16-23(27-13-28-24(16)35-22-7-5-17(6-8-22)31-14-29-30-15-31)32-18-9-20-11-19(32)12-21(10-18)33(20)25(34)36-26(2,3)4/h5-8,13-15,18-21H,9-12H2,1-4H3. The number of hydrogen-bond acceptors (Lipinski definition) is 8. The number of carbonyl (C=O) groups is 1. The van der Waals surface area contributed by atoms with Gasteiger partial charge in [0.05, 0.1) is 5.56 Å². The Labute approximate surface area is 210 Å². The molecule has 4 saturated heterocycles. The molecule has 36 heavy (non-hydrogen) atoms. The third-order valence-electron chi connectivity index (χ3n) is 7.38. The van der Waals surface area contributed by atoms with Gasteiger partial charge in [0.25, 0.3) is 0 Å². The molecule has 7 rings (SSSR count). The van der Waals surface area contributed by atoms with Gasteiger partial charge < -0.3 is 19.3 Å². The van der Waals surface area contributed by atoms with Crippen LogP contribution in [0.5, 0.6) is 11.6 Å². The second-order valence-electron chi connectivity index (χ2n) is 10.9. The molecule has 4 bridgehead atoms. The SMILES string of the molecule is Cc1c(Oc2ccc(-n3cnnc3)cc2)ncnc1N1C2CC3CC1CC(C2)N3C(=O)OC(C)(C)C. The Balaban J connectivity index is 1.19. The average Bonchev–Trinajstić information content (AvgIpc) is 3.35. The van der Waals surface area contributed by atoms with Crippen LogP contribution in [0.4, 0.5) is 10.6 Å². The summed E-state index contributed by atoms with van der Waals surface area (Å²) in [6.45, 7) is 7.79. The van der Waals surface area contributed by atoms with Gasteiger partial charge in [-0.3, -0.25) is 4.57 Å². The summed E-state index contributed by atoms with van der Waals surface area (Å²) in [6.07, 6.45) is 8.43. The third kappa shape index (κ3) is 4.04. The smallest absolute Gasteiger partial charge is 0.410 e. The Bertz CT molecular complexity index is 1220. The molecule has 0 unspecified atom stereocenters. The number of piperidine rings is 4. The van der Waals surface area contributed by atoms with E-state index < -0.39 is 5.60 Å². The van der Waals surface area contributed by atoms with Crippen molar-refractivity contribution in [2.45, 2.75) is 83.1 Å². The zero-order valence-corrected chi connectivity index (χ0v) is 21.0. The van der Waals surface area contributed by atoms with Crippen LogP contribution in [0.1, 0.15) is 52.0 Å². The van der Waals surface area contributed by atoms with Crippen LogP contribution in [0.15, 0.2) is 43.2 Å². The van der Waals surface area contributed by atoms with Crippen LogP contribution in [-0.2, 0) is 4.74 Å². The van der Waals surface area contributed by atoms with Crippen LogP contribution in [0.25, 0.3) is 5.69 Å². The number of aromatic nitrogens is 5. The summed E-state index contributed by atoms with van der Waals surface area (Å²) >= 11 is 0. The van der Waals surface area contributed by atoms with Crippen molar-refractivity contribution in [3.8, 4) is 17.3 Å². The van der Waals surface area contributed by atoms with Crippen LogP contribution in [0.3, 0.4) is 0 Å². The van der Waals surface area contributed by atoms with Crippen molar-refractivity contribution in [2.24, 2.45) is 0 Å². The van der Waals surface area contributed by atoms with Gasteiger partial charge >= 0.3 is 6.09 Å². The average molecular weight is 490 g/mol. The highest BCUT2D eigenvalue weighted by Crippen LogP contribution is 2.47. The lowest BCUT2D eigenvalue weighted by Gasteiger charge is -2.61. The normalized spacial score (nSPS) is 24.8. The second kappa shape index (κ2) is 8.46. The molecule has 3 aromatic rings. The van der Waals surface area contributed by atoms with Gasteiger partial charge in [0, 0.05) is 29.9 Å². The monoisotopic (exact) mass is 489 g/mol. The van der Waals surface area contributed by atoms with E-state index in [1.54, 1.807) is 19.0 Å². The first-order valence-corrected chi connectivity index (χ1v) is 12.5. The molecule has 1 aromatic carbocycles. The molecule has 1 amide bonds. The molecule has 0 N–H and O–H groups in total. The van der Waals surface area contributed by atoms with Crippen LogP contribution in [0, 0.1) is 6.92 Å². The summed E-state index contributed by atoms with van der Waals surface area (Å²) in [5.74, 6) is 2.19. The number of benzene rings is 1. The molecule has 10 nitrogen and oxygen atoms in total. The highest BCUT2D eigenvalue weighted by Gasteiger charge is 2.53. The molecule has 188 valence electrons. The molecular formula is C26H31N7O3. The second-order valence-corrected chi connectivity index (χ2v) is 10.9. The molecular weight excluding hydrogens is 458 g/mol. The first kappa shape index (κ1) is 22.8. The van der Waals surface area contributed by atoms with E-state index in [2.05, 4.69) is 25.1 Å². The van der Waals surface area contributed by atoms with Crippen molar-refractivity contribution in [1.82, 2.24) is 29.6 Å². The lowest BCUT2D eigenvalue weighted by molar-refractivity contribution is -0.0404. The molecule has 4 fully saturated rings. The van der Waals surface area contributed by atoms with E-state index in [4.69, 9.17) is 9.47 Å². The van der Waals surface area contributed by atoms with Crippen LogP contribution in [0.2, 0.25) is 0 Å². The van der Waals surface area contributed by atoms with Gasteiger partial charge in [-0.25, -0.2) is 14.8 Å². The van der Waals surface area contributed by atoms with E-state index in [0.717, 1.165) is 42.8 Å². The molecule has 10 heteroatoms. The lowest BCUT2D eigenvalue weighted by atomic mass is 9.73. The number of ether oxygens (including phenoxy) is 2. The van der Waals surface area contributed by atoms with Crippen molar-refractivity contribution in [3.05, 3.63) is 48.8 Å². The zero-order chi connectivity index (χ0) is 25.0. The van der Waals surface area contributed by atoms with Gasteiger partial charge in [-0.05, 0) is 77.6 Å². The maximum Gasteiger partial charge on any atom is 0.410 e. The number of anilines is 1. The zero-order valence-electron chi connectivity index (χ0n) is 21.0. The van der Waals surface area contributed by atoms with Crippen molar-refractivity contribution >= 4 is 11.9 Å². The summed E-state index contributed by atoms with van der Waals surface area (Å²) < 4.78 is 13.7. The predicted octanol–water partition coefficient (Wildman–Crippen LogP) is 4.28. The first-order valence-electron chi connectivity index (χ1n) is 12.5. The van der Waals surface area contributed by atoms with Gasteiger partial charge in [0.15, 0.2) is 0 Å². The number of amides is 1. The first-order chi connectivity index (χ1) is 17.3. The van der Waals surface area contributed by atoms with E-state index in [1.807, 2.05) is 61.4 Å². The summed E-state index contributed by atoms with van der Waals surface area (Å²) in [7, 11) is 0. The van der Waals surface area contributed by atoms with E-state index in [1.165, 1.54) is 0 Å². The molecule has 0 radical (unpaired) electrons. The summed E-state index contributed by atoms with van der Waals surface area (Å²) in [4.78, 5) is 26.5. The minimum atomic E-state index is -0.483. The Morgan fingerprint density at radius 1 is 0.917 bits per heavy atom. The van der Waals surface area contributed by atoms with Crippen molar-refractivity contribution in [1.29, 1.82) is 0 Å². The lowest BCUT2D eigenvalue weighted by Crippen LogP contribution is -2.70. The largest absolute Gasteiger partial charge is 0.444 e. The van der Waals surface area contributed by atoms with Crippen molar-refractivity contribution in [2.75, 3.05) is 4.90 Å². The van der Waals surface area contributed by atoms with Gasteiger partial charge in [-0.15, -0.1) is 10.2 Å². The number of nitrogens with zero attached hydrogens (tertiary/aromatic N) is 7. The fourth-order valence-electron chi connectivity index (χ4n) is 6.03. The molecule has 4 aliphatic rings. The van der Waals surface area contributed by atoms with Crippen LogP contribution >= 0.6 is 0 Å². The predicted molar refractivity (Wildman–Crippen MR) is 132 cm³/mol. The quantitative estimate of drug-likeness (QED) is 0.536. The van der Waals surface area contributed by atoms with Gasteiger partial charge in [0.1, 0.15) is 36.2 Å². The number of carbonyl (C=O) groups excluding carboxylic acids is 1.